The van der Waals surface area contributed by atoms with E-state index >= 15 is 0 Å². The predicted octanol–water partition coefficient (Wildman–Crippen LogP) is 3.78. The topological polar surface area (TPSA) is 17.1 Å². The van der Waals surface area contributed by atoms with Crippen LogP contribution in [-0.4, -0.2) is 10.1 Å². The van der Waals surface area contributed by atoms with Crippen molar-refractivity contribution in [3.63, 3.8) is 0 Å². The Morgan fingerprint density at radius 3 is 2.69 bits per heavy atom. The van der Waals surface area contributed by atoms with Gasteiger partial charge in [0.05, 0.1) is 15.8 Å². The van der Waals surface area contributed by atoms with Gasteiger partial charge in [0.2, 0.25) is 5.24 Å². The fourth-order valence-corrected chi connectivity index (χ4v) is 2.41. The van der Waals surface area contributed by atoms with Gasteiger partial charge >= 0.3 is 0 Å². The summed E-state index contributed by atoms with van der Waals surface area (Å²) in [5.41, 5.74) is 0. The Kier molecular flexibility index (Phi) is 3.50. The van der Waals surface area contributed by atoms with E-state index in [0.29, 0.717) is 9.51 Å². The highest BCUT2D eigenvalue weighted by Crippen LogP contribution is 2.44. The van der Waals surface area contributed by atoms with E-state index in [0.717, 1.165) is 0 Å². The van der Waals surface area contributed by atoms with Gasteiger partial charge in [-0.15, -0.1) is 11.6 Å². The molecule has 0 aliphatic heterocycles. The smallest absolute Gasteiger partial charge is 0.230 e. The normalized spacial score (nSPS) is 33.8. The van der Waals surface area contributed by atoms with Crippen molar-refractivity contribution in [1.82, 2.24) is 0 Å². The molecule has 1 rings (SSSR count). The van der Waals surface area contributed by atoms with Crippen molar-refractivity contribution in [3.05, 3.63) is 21.7 Å². The molecule has 13 heavy (non-hydrogen) atoms. The van der Waals surface area contributed by atoms with E-state index in [9.17, 15) is 4.79 Å². The number of carbonyl (C=O) groups excluding carboxylic acids is 1. The molecule has 0 aromatic heterocycles. The van der Waals surface area contributed by atoms with Gasteiger partial charge in [-0.25, -0.2) is 0 Å². The molecule has 1 nitrogen and oxygen atoms in total. The fraction of sp³-hybridized carbons (Fsp3) is 0.375. The average molecular weight is 304 g/mol. The maximum absolute atomic E-state index is 11.0. The number of hydrogen-bond donors (Lipinski definition) is 0. The Bertz CT molecular complexity index is 307. The Hall–Kier alpha value is 0.500. The quantitative estimate of drug-likeness (QED) is 0.532. The van der Waals surface area contributed by atoms with E-state index in [1.807, 2.05) is 0 Å². The first-order valence-electron chi connectivity index (χ1n) is 3.49. The van der Waals surface area contributed by atoms with E-state index in [2.05, 4.69) is 15.9 Å². The number of alkyl halides is 1. The number of rotatable bonds is 1. The van der Waals surface area contributed by atoms with E-state index < -0.39 is 16.0 Å². The van der Waals surface area contributed by atoms with Crippen LogP contribution in [-0.2, 0) is 4.79 Å². The molecule has 0 aromatic carbocycles. The van der Waals surface area contributed by atoms with Crippen LogP contribution in [0.1, 0.15) is 6.92 Å². The zero-order valence-electron chi connectivity index (χ0n) is 6.65. The minimum absolute atomic E-state index is 0.491. The zero-order valence-corrected chi connectivity index (χ0v) is 10.5. The van der Waals surface area contributed by atoms with Gasteiger partial charge in [-0.05, 0) is 24.6 Å². The molecule has 0 radical (unpaired) electrons. The van der Waals surface area contributed by atoms with Gasteiger partial charge in [-0.2, -0.15) is 0 Å². The lowest BCUT2D eigenvalue weighted by molar-refractivity contribution is -0.114. The van der Waals surface area contributed by atoms with E-state index in [-0.39, 0.29) is 0 Å². The number of halogens is 4. The van der Waals surface area contributed by atoms with Gasteiger partial charge in [0.1, 0.15) is 0 Å². The van der Waals surface area contributed by atoms with Crippen molar-refractivity contribution < 1.29 is 4.79 Å². The first-order chi connectivity index (χ1) is 5.87. The van der Waals surface area contributed by atoms with Gasteiger partial charge in [0.15, 0.2) is 0 Å². The molecule has 72 valence electrons. The summed E-state index contributed by atoms with van der Waals surface area (Å²) in [5.74, 6) is -0.548. The van der Waals surface area contributed by atoms with Gasteiger partial charge in [-0.3, -0.25) is 4.79 Å². The van der Waals surface area contributed by atoms with Crippen LogP contribution in [0.5, 0.6) is 0 Å². The predicted molar refractivity (Wildman–Crippen MR) is 59.6 cm³/mol. The van der Waals surface area contributed by atoms with Crippen LogP contribution < -0.4 is 0 Å². The van der Waals surface area contributed by atoms with Crippen LogP contribution in [0.4, 0.5) is 0 Å². The molecule has 1 aliphatic carbocycles. The highest BCUT2D eigenvalue weighted by atomic mass is 79.9. The first-order valence-corrected chi connectivity index (χ1v) is 5.42. The largest absolute Gasteiger partial charge is 0.281 e. The summed E-state index contributed by atoms with van der Waals surface area (Å²) in [6.07, 6.45) is 3.22. The van der Waals surface area contributed by atoms with E-state index in [1.165, 1.54) is 0 Å². The Morgan fingerprint density at radius 1 is 1.69 bits per heavy atom. The molecule has 2 atom stereocenters. The molecule has 0 spiro atoms. The SMILES string of the molecule is CC1(Cl)C(Br)=C(Cl)C=CC1C(=O)Cl. The highest BCUT2D eigenvalue weighted by Gasteiger charge is 2.40. The van der Waals surface area contributed by atoms with Crippen LogP contribution >= 0.6 is 50.7 Å². The molecule has 0 aromatic rings. The lowest BCUT2D eigenvalue weighted by Crippen LogP contribution is -2.33. The summed E-state index contributed by atoms with van der Waals surface area (Å²) in [6.45, 7) is 1.69. The zero-order chi connectivity index (χ0) is 10.2. The second-order valence-corrected chi connectivity index (χ2v) is 5.24. The van der Waals surface area contributed by atoms with Gasteiger partial charge < -0.3 is 0 Å². The lowest BCUT2D eigenvalue weighted by Gasteiger charge is -2.30. The van der Waals surface area contributed by atoms with Crippen LogP contribution in [0.3, 0.4) is 0 Å². The maximum Gasteiger partial charge on any atom is 0.230 e. The monoisotopic (exact) mass is 302 g/mol. The third kappa shape index (κ3) is 2.12. The fourth-order valence-electron chi connectivity index (χ4n) is 1.09. The molecular weight excluding hydrogens is 298 g/mol. The highest BCUT2D eigenvalue weighted by molar-refractivity contribution is 9.11. The molecule has 0 saturated heterocycles. The Morgan fingerprint density at radius 2 is 2.23 bits per heavy atom. The van der Waals surface area contributed by atoms with Crippen LogP contribution in [0.15, 0.2) is 21.7 Å². The van der Waals surface area contributed by atoms with Crippen molar-refractivity contribution in [3.8, 4) is 0 Å². The summed E-state index contributed by atoms with van der Waals surface area (Å²) in [5, 5.41) is 0.00142. The molecule has 0 saturated carbocycles. The summed E-state index contributed by atoms with van der Waals surface area (Å²) in [4.78, 5) is 10.1. The number of hydrogen-bond acceptors (Lipinski definition) is 1. The standard InChI is InChI=1S/C8H6BrCl3O/c1-8(12)4(7(11)13)2-3-5(10)6(8)9/h2-4H,1H3. The second-order valence-electron chi connectivity index (χ2n) is 2.88. The third-order valence-electron chi connectivity index (χ3n) is 1.90. The number of carbonyl (C=O) groups is 1. The van der Waals surface area contributed by atoms with E-state index in [4.69, 9.17) is 34.8 Å². The molecule has 0 amide bonds. The number of allylic oxidation sites excluding steroid dienone is 4. The van der Waals surface area contributed by atoms with Crippen molar-refractivity contribution in [1.29, 1.82) is 0 Å². The Balaban J connectivity index is 3.12. The molecule has 0 N–H and O–H groups in total. The Labute approximate surface area is 99.8 Å². The van der Waals surface area contributed by atoms with Crippen LogP contribution in [0.25, 0.3) is 0 Å². The lowest BCUT2D eigenvalue weighted by atomic mass is 9.90. The molecule has 1 aliphatic rings. The summed E-state index contributed by atoms with van der Waals surface area (Å²) < 4.78 is 0.588. The minimum Gasteiger partial charge on any atom is -0.281 e. The van der Waals surface area contributed by atoms with Crippen LogP contribution in [0, 0.1) is 5.92 Å². The van der Waals surface area contributed by atoms with Gasteiger partial charge in [0.25, 0.3) is 0 Å². The summed E-state index contributed by atoms with van der Waals surface area (Å²) in [7, 11) is 0. The molecule has 0 bridgehead atoms. The average Bonchev–Trinajstić information content (AvgIpc) is 1.99. The molecule has 0 heterocycles. The summed E-state index contributed by atoms with van der Waals surface area (Å²) >= 11 is 20.6. The second kappa shape index (κ2) is 3.93. The molecular formula is C8H6BrCl3O. The van der Waals surface area contributed by atoms with Gasteiger partial charge in [-0.1, -0.05) is 33.6 Å². The van der Waals surface area contributed by atoms with Crippen molar-refractivity contribution in [2.45, 2.75) is 11.8 Å². The maximum atomic E-state index is 11.0. The van der Waals surface area contributed by atoms with E-state index in [1.54, 1.807) is 19.1 Å². The van der Waals surface area contributed by atoms with Crippen molar-refractivity contribution >= 4 is 56.0 Å². The van der Waals surface area contributed by atoms with Gasteiger partial charge in [0, 0.05) is 4.48 Å². The molecule has 0 fully saturated rings. The minimum atomic E-state index is -0.884. The molecule has 5 heteroatoms. The van der Waals surface area contributed by atoms with Crippen molar-refractivity contribution in [2.75, 3.05) is 0 Å². The third-order valence-corrected chi connectivity index (χ3v) is 4.58. The van der Waals surface area contributed by atoms with Crippen LogP contribution in [0.2, 0.25) is 0 Å². The summed E-state index contributed by atoms with van der Waals surface area (Å²) in [6, 6.07) is 0. The van der Waals surface area contributed by atoms with Crippen molar-refractivity contribution in [2.24, 2.45) is 5.92 Å². The first kappa shape index (κ1) is 11.6. The molecule has 2 unspecified atom stereocenters.